The number of amides is 1. The quantitative estimate of drug-likeness (QED) is 0.175. The van der Waals surface area contributed by atoms with Gasteiger partial charge in [-0.25, -0.2) is 0 Å². The molecule has 0 saturated heterocycles. The molecular formula is C27H22Cl2N3NaO6S. The first-order valence-corrected chi connectivity index (χ1v) is 13.9. The van der Waals surface area contributed by atoms with Crippen molar-refractivity contribution in [1.29, 1.82) is 0 Å². The molecule has 0 unspecified atom stereocenters. The summed E-state index contributed by atoms with van der Waals surface area (Å²) in [5.74, 6) is -0.953. The summed E-state index contributed by atoms with van der Waals surface area (Å²) in [6.07, 6.45) is 0.315. The number of hydrogen-bond acceptors (Lipinski definition) is 7. The van der Waals surface area contributed by atoms with Gasteiger partial charge in [0, 0.05) is 22.7 Å². The predicted octanol–water partition coefficient (Wildman–Crippen LogP) is 4.10. The van der Waals surface area contributed by atoms with Gasteiger partial charge in [-0.05, 0) is 54.6 Å². The molecule has 4 aromatic rings. The van der Waals surface area contributed by atoms with Crippen molar-refractivity contribution in [3.63, 3.8) is 0 Å². The van der Waals surface area contributed by atoms with Gasteiger partial charge >= 0.3 is 29.6 Å². The first-order valence-electron chi connectivity index (χ1n) is 11.7. The van der Waals surface area contributed by atoms with Crippen LogP contribution in [0.5, 0.6) is 11.5 Å². The Morgan fingerprint density at radius 2 is 1.70 bits per heavy atom. The van der Waals surface area contributed by atoms with Gasteiger partial charge in [-0.3, -0.25) is 9.35 Å². The number of halogens is 2. The van der Waals surface area contributed by atoms with E-state index in [4.69, 9.17) is 27.9 Å². The van der Waals surface area contributed by atoms with Crippen LogP contribution < -0.4 is 44.7 Å². The summed E-state index contributed by atoms with van der Waals surface area (Å²) in [5, 5.41) is 25.8. The van der Waals surface area contributed by atoms with E-state index in [1.54, 1.807) is 56.3 Å². The average molecular weight is 610 g/mol. The van der Waals surface area contributed by atoms with Crippen molar-refractivity contribution < 1.29 is 57.2 Å². The SMILES string of the molecule is CCOc1cc(NC(=O)c2cc3ccccc3c(N=Nc3c(Cl)cc(S(=O)(=O)O)cc3CC)c2[O-])ccc1Cl.[Na+]. The predicted molar refractivity (Wildman–Crippen MR) is 149 cm³/mol. The third-order valence-electron chi connectivity index (χ3n) is 5.75. The molecule has 0 fully saturated rings. The Hall–Kier alpha value is -2.70. The third kappa shape index (κ3) is 6.95. The number of carbonyl (C=O) groups is 1. The monoisotopic (exact) mass is 609 g/mol. The zero-order valence-electron chi connectivity index (χ0n) is 21.7. The Morgan fingerprint density at radius 1 is 1.00 bits per heavy atom. The fraction of sp³-hybridized carbons (Fsp3) is 0.148. The van der Waals surface area contributed by atoms with Crippen molar-refractivity contribution in [2.75, 3.05) is 11.9 Å². The number of fused-ring (bicyclic) bond motifs is 1. The fourth-order valence-electron chi connectivity index (χ4n) is 3.88. The van der Waals surface area contributed by atoms with Crippen LogP contribution in [0, 0.1) is 0 Å². The maximum Gasteiger partial charge on any atom is 1.00 e. The average Bonchev–Trinajstić information content (AvgIpc) is 2.89. The van der Waals surface area contributed by atoms with E-state index in [1.165, 1.54) is 12.1 Å². The summed E-state index contributed by atoms with van der Waals surface area (Å²) in [4.78, 5) is 12.8. The zero-order chi connectivity index (χ0) is 28.3. The van der Waals surface area contributed by atoms with Gasteiger partial charge in [0.05, 0.1) is 27.2 Å². The van der Waals surface area contributed by atoms with Gasteiger partial charge in [0.2, 0.25) is 0 Å². The van der Waals surface area contributed by atoms with Crippen LogP contribution in [0.3, 0.4) is 0 Å². The molecule has 0 saturated carbocycles. The van der Waals surface area contributed by atoms with E-state index in [0.29, 0.717) is 45.8 Å². The molecule has 9 nitrogen and oxygen atoms in total. The largest absolute Gasteiger partial charge is 1.00 e. The Kier molecular flexibility index (Phi) is 10.6. The summed E-state index contributed by atoms with van der Waals surface area (Å²) in [7, 11) is -4.49. The number of azo groups is 1. The van der Waals surface area contributed by atoms with Gasteiger partial charge < -0.3 is 15.2 Å². The first kappa shape index (κ1) is 31.8. The number of ether oxygens (including phenoxy) is 1. The molecule has 4 aromatic carbocycles. The van der Waals surface area contributed by atoms with Crippen LogP contribution in [-0.2, 0) is 16.5 Å². The van der Waals surface area contributed by atoms with Crippen molar-refractivity contribution >= 4 is 67.1 Å². The molecule has 1 amide bonds. The molecule has 0 heterocycles. The first-order chi connectivity index (χ1) is 18.5. The molecule has 4 rings (SSSR count). The second-order valence-corrected chi connectivity index (χ2v) is 10.5. The standard InChI is InChI=1S/C27H23Cl2N3O6S.Na/c1-3-15-11-18(39(35,36)37)14-22(29)24(15)31-32-25-19-8-6-5-7-16(19)12-20(26(25)33)27(34)30-17-9-10-21(28)23(13-17)38-4-2;/h5-14,33H,3-4H2,1-2H3,(H,30,34)(H,35,36,37);/q;+1/p-1. The molecule has 0 atom stereocenters. The molecule has 0 aliphatic carbocycles. The molecule has 0 aromatic heterocycles. The molecule has 0 radical (unpaired) electrons. The number of rotatable bonds is 8. The zero-order valence-corrected chi connectivity index (χ0v) is 26.1. The maximum absolute atomic E-state index is 13.5. The normalized spacial score (nSPS) is 11.4. The number of nitrogens with zero attached hydrogens (tertiary/aromatic N) is 2. The third-order valence-corrected chi connectivity index (χ3v) is 7.19. The molecule has 0 spiro atoms. The van der Waals surface area contributed by atoms with E-state index < -0.39 is 21.8 Å². The molecule has 13 heteroatoms. The van der Waals surface area contributed by atoms with E-state index in [1.807, 2.05) is 0 Å². The van der Waals surface area contributed by atoms with E-state index >= 15 is 0 Å². The number of carbonyl (C=O) groups excluding carboxylic acids is 1. The van der Waals surface area contributed by atoms with Crippen molar-refractivity contribution in [2.24, 2.45) is 10.2 Å². The number of hydrogen-bond donors (Lipinski definition) is 2. The minimum atomic E-state index is -4.49. The van der Waals surface area contributed by atoms with E-state index in [2.05, 4.69) is 15.5 Å². The molecule has 0 aliphatic heterocycles. The molecule has 2 N–H and O–H groups in total. The van der Waals surface area contributed by atoms with Gasteiger partial charge in [-0.1, -0.05) is 60.1 Å². The smallest absolute Gasteiger partial charge is 0.870 e. The summed E-state index contributed by atoms with van der Waals surface area (Å²) in [5.41, 5.74) is 0.634. The molecule has 0 bridgehead atoms. The van der Waals surface area contributed by atoms with Crippen LogP contribution in [-0.4, -0.2) is 25.5 Å². The number of anilines is 1. The minimum absolute atomic E-state index is 0. The Bertz CT molecular complexity index is 1730. The molecule has 202 valence electrons. The summed E-state index contributed by atoms with van der Waals surface area (Å²) in [6.45, 7) is 3.92. The van der Waals surface area contributed by atoms with Crippen LogP contribution in [0.2, 0.25) is 10.0 Å². The number of aryl methyl sites for hydroxylation is 1. The van der Waals surface area contributed by atoms with Crippen molar-refractivity contribution in [3.05, 3.63) is 81.8 Å². The Labute approximate surface area is 263 Å². The van der Waals surface area contributed by atoms with Crippen LogP contribution in [0.1, 0.15) is 29.8 Å². The minimum Gasteiger partial charge on any atom is -0.870 e. The van der Waals surface area contributed by atoms with Gasteiger partial charge in [0.25, 0.3) is 16.0 Å². The number of nitrogens with one attached hydrogen (secondary N) is 1. The topological polar surface area (TPSA) is 140 Å². The summed E-state index contributed by atoms with van der Waals surface area (Å²) >= 11 is 12.4. The molecule has 0 aliphatic rings. The van der Waals surface area contributed by atoms with Crippen LogP contribution in [0.4, 0.5) is 17.1 Å². The van der Waals surface area contributed by atoms with Crippen LogP contribution >= 0.6 is 23.2 Å². The van der Waals surface area contributed by atoms with Crippen LogP contribution in [0.15, 0.2) is 75.8 Å². The van der Waals surface area contributed by atoms with E-state index in [9.17, 15) is 22.9 Å². The van der Waals surface area contributed by atoms with Gasteiger partial charge in [0.15, 0.2) is 0 Å². The maximum atomic E-state index is 13.5. The summed E-state index contributed by atoms with van der Waals surface area (Å²) in [6, 6.07) is 15.3. The van der Waals surface area contributed by atoms with E-state index in [-0.39, 0.29) is 56.4 Å². The van der Waals surface area contributed by atoms with Crippen molar-refractivity contribution in [2.45, 2.75) is 25.2 Å². The second kappa shape index (κ2) is 13.3. The van der Waals surface area contributed by atoms with Gasteiger partial charge in [0.1, 0.15) is 11.4 Å². The van der Waals surface area contributed by atoms with Gasteiger partial charge in [-0.2, -0.15) is 13.5 Å². The molecular weight excluding hydrogens is 588 g/mol. The summed E-state index contributed by atoms with van der Waals surface area (Å²) < 4.78 is 38.0. The Balaban J connectivity index is 0.00000441. The second-order valence-electron chi connectivity index (χ2n) is 8.30. The van der Waals surface area contributed by atoms with Gasteiger partial charge in [-0.15, -0.1) is 5.11 Å². The van der Waals surface area contributed by atoms with Crippen LogP contribution in [0.25, 0.3) is 10.8 Å². The Morgan fingerprint density at radius 3 is 2.38 bits per heavy atom. The van der Waals surface area contributed by atoms with Crippen molar-refractivity contribution in [3.8, 4) is 11.5 Å². The van der Waals surface area contributed by atoms with Crippen molar-refractivity contribution in [1.82, 2.24) is 0 Å². The fourth-order valence-corrected chi connectivity index (χ4v) is 4.95. The number of benzene rings is 4. The molecule has 40 heavy (non-hydrogen) atoms. The van der Waals surface area contributed by atoms with E-state index in [0.717, 1.165) is 6.07 Å².